The zero-order chi connectivity index (χ0) is 25.0. The number of carbonyl (C=O) groups is 2. The number of aromatic hydroxyl groups is 1. The fourth-order valence-corrected chi connectivity index (χ4v) is 7.45. The average Bonchev–Trinajstić information content (AvgIpc) is 2.83. The van der Waals surface area contributed by atoms with Crippen molar-refractivity contribution in [1.82, 2.24) is 4.90 Å². The van der Waals surface area contributed by atoms with Gasteiger partial charge in [-0.15, -0.1) is 0 Å². The first-order chi connectivity index (χ1) is 16.6. The molecule has 0 radical (unpaired) electrons. The van der Waals surface area contributed by atoms with E-state index in [0.717, 1.165) is 49.8 Å². The monoisotopic (exact) mass is 474 g/mol. The minimum atomic E-state index is -0.292. The van der Waals surface area contributed by atoms with Crippen LogP contribution in [0.25, 0.3) is 0 Å². The highest BCUT2D eigenvalue weighted by Gasteiger charge is 2.57. The van der Waals surface area contributed by atoms with Crippen molar-refractivity contribution >= 4 is 11.8 Å². The molecule has 3 N–H and O–H groups in total. The Kier molecular flexibility index (Phi) is 5.93. The van der Waals surface area contributed by atoms with E-state index in [-0.39, 0.29) is 46.4 Å². The van der Waals surface area contributed by atoms with Crippen LogP contribution in [0.4, 0.5) is 0 Å². The Hall–Kier alpha value is -2.82. The third-order valence-electron chi connectivity index (χ3n) is 9.97. The molecule has 2 aromatic rings. The summed E-state index contributed by atoms with van der Waals surface area (Å²) >= 11 is 0. The van der Waals surface area contributed by atoms with Crippen molar-refractivity contribution in [2.24, 2.45) is 23.0 Å². The highest BCUT2D eigenvalue weighted by molar-refractivity contribution is 5.83. The number of nitrogens with two attached hydrogens (primary N) is 1. The van der Waals surface area contributed by atoms with Crippen LogP contribution in [-0.2, 0) is 21.4 Å². The third kappa shape index (κ3) is 3.75. The Labute approximate surface area is 208 Å². The van der Waals surface area contributed by atoms with Gasteiger partial charge in [0, 0.05) is 23.9 Å². The van der Waals surface area contributed by atoms with E-state index in [9.17, 15) is 14.7 Å². The normalized spacial score (nSPS) is 30.3. The molecule has 1 aliphatic heterocycles. The molecule has 0 spiro atoms. The molecule has 0 aromatic heterocycles. The molecule has 2 fully saturated rings. The summed E-state index contributed by atoms with van der Waals surface area (Å²) in [6.45, 7) is 7.64. The molecule has 2 aliphatic carbocycles. The number of primary amides is 1. The number of likely N-dealkylation sites (tertiary alicyclic amines) is 1. The van der Waals surface area contributed by atoms with Crippen LogP contribution in [0.2, 0.25) is 0 Å². The smallest absolute Gasteiger partial charge is 0.225 e. The van der Waals surface area contributed by atoms with Crippen LogP contribution in [0.5, 0.6) is 5.75 Å². The van der Waals surface area contributed by atoms with Crippen molar-refractivity contribution in [2.75, 3.05) is 6.54 Å². The number of rotatable bonds is 4. The largest absolute Gasteiger partial charge is 0.508 e. The zero-order valence-corrected chi connectivity index (χ0v) is 21.2. The summed E-state index contributed by atoms with van der Waals surface area (Å²) in [6, 6.07) is 15.8. The van der Waals surface area contributed by atoms with Gasteiger partial charge in [-0.3, -0.25) is 9.59 Å². The predicted molar refractivity (Wildman–Crippen MR) is 137 cm³/mol. The van der Waals surface area contributed by atoms with Crippen molar-refractivity contribution in [3.05, 3.63) is 65.2 Å². The number of carbonyl (C=O) groups excluding carboxylic acids is 2. The standard InChI is InChI=1S/C30H38N2O3/c1-29(2)25-18-22-23(10-7-11-24(22)33)30(29,3)16-17-32(25)28(35)21-14-12-20(13-15-21)26(27(31)34)19-8-5-4-6-9-19/h4-11,20-21,25-26,33H,12-18H2,1-3H3,(H2,31,34)/t20?,21?,25-,26?,30+/m1/s1. The molecule has 5 heteroatoms. The third-order valence-corrected chi connectivity index (χ3v) is 9.97. The van der Waals surface area contributed by atoms with Crippen LogP contribution < -0.4 is 5.73 Å². The number of benzene rings is 2. The molecule has 3 aliphatic rings. The second kappa shape index (κ2) is 8.69. The Morgan fingerprint density at radius 2 is 1.69 bits per heavy atom. The number of nitrogens with zero attached hydrogens (tertiary/aromatic N) is 1. The highest BCUT2D eigenvalue weighted by Crippen LogP contribution is 2.57. The number of fused-ring (bicyclic) bond motifs is 4. The van der Waals surface area contributed by atoms with Gasteiger partial charge in [0.1, 0.15) is 5.75 Å². The van der Waals surface area contributed by atoms with Crippen molar-refractivity contribution < 1.29 is 14.7 Å². The quantitative estimate of drug-likeness (QED) is 0.660. The van der Waals surface area contributed by atoms with Gasteiger partial charge in [0.15, 0.2) is 0 Å². The van der Waals surface area contributed by atoms with Crippen LogP contribution in [0.3, 0.4) is 0 Å². The lowest BCUT2D eigenvalue weighted by Crippen LogP contribution is -2.65. The fourth-order valence-electron chi connectivity index (χ4n) is 7.45. The highest BCUT2D eigenvalue weighted by atomic mass is 16.3. The van der Waals surface area contributed by atoms with Crippen molar-refractivity contribution in [1.29, 1.82) is 0 Å². The Morgan fingerprint density at radius 3 is 2.34 bits per heavy atom. The van der Waals surface area contributed by atoms with E-state index >= 15 is 0 Å². The van der Waals surface area contributed by atoms with Crippen LogP contribution in [0.1, 0.15) is 75.5 Å². The lowest BCUT2D eigenvalue weighted by atomic mass is 9.51. The molecule has 1 saturated carbocycles. The maximum atomic E-state index is 13.9. The molecule has 35 heavy (non-hydrogen) atoms. The van der Waals surface area contributed by atoms with Gasteiger partial charge >= 0.3 is 0 Å². The summed E-state index contributed by atoms with van der Waals surface area (Å²) in [5.41, 5.74) is 8.88. The minimum Gasteiger partial charge on any atom is -0.508 e. The molecule has 2 bridgehead atoms. The lowest BCUT2D eigenvalue weighted by Gasteiger charge is -2.61. The molecule has 1 saturated heterocycles. The van der Waals surface area contributed by atoms with Crippen LogP contribution in [-0.4, -0.2) is 34.4 Å². The SMILES string of the molecule is CC1(C)[C@H]2Cc3c(O)cccc3[C@]1(C)CCN2C(=O)C1CCC(C(C(N)=O)c2ccccc2)CC1. The van der Waals surface area contributed by atoms with E-state index in [1.54, 1.807) is 6.07 Å². The number of phenolic OH excluding ortho intramolecular Hbond substituents is 1. The number of piperidine rings is 1. The fraction of sp³-hybridized carbons (Fsp3) is 0.533. The lowest BCUT2D eigenvalue weighted by molar-refractivity contribution is -0.149. The summed E-state index contributed by atoms with van der Waals surface area (Å²) in [6.07, 6.45) is 4.85. The number of hydrogen-bond acceptors (Lipinski definition) is 3. The zero-order valence-electron chi connectivity index (χ0n) is 21.2. The molecule has 186 valence electrons. The number of phenols is 1. The van der Waals surface area contributed by atoms with Gasteiger partial charge in [-0.1, -0.05) is 63.2 Å². The molecule has 5 rings (SSSR count). The Balaban J connectivity index is 1.33. The molecule has 1 unspecified atom stereocenters. The van der Waals surface area contributed by atoms with Gasteiger partial charge in [-0.25, -0.2) is 0 Å². The van der Waals surface area contributed by atoms with Crippen molar-refractivity contribution in [3.8, 4) is 5.75 Å². The summed E-state index contributed by atoms with van der Waals surface area (Å²) in [4.78, 5) is 28.4. The van der Waals surface area contributed by atoms with E-state index in [4.69, 9.17) is 5.73 Å². The number of hydrogen-bond donors (Lipinski definition) is 2. The van der Waals surface area contributed by atoms with Gasteiger partial charge in [-0.05, 0) is 72.6 Å². The molecule has 2 aromatic carbocycles. The van der Waals surface area contributed by atoms with Crippen molar-refractivity contribution in [3.63, 3.8) is 0 Å². The molecular formula is C30H38N2O3. The first-order valence-electron chi connectivity index (χ1n) is 13.1. The van der Waals surface area contributed by atoms with Crippen LogP contribution in [0, 0.1) is 17.3 Å². The maximum absolute atomic E-state index is 13.9. The molecular weight excluding hydrogens is 436 g/mol. The van der Waals surface area contributed by atoms with Gasteiger partial charge < -0.3 is 15.7 Å². The predicted octanol–water partition coefficient (Wildman–Crippen LogP) is 4.91. The molecule has 3 atom stereocenters. The van der Waals surface area contributed by atoms with E-state index in [0.29, 0.717) is 12.2 Å². The van der Waals surface area contributed by atoms with Gasteiger partial charge in [0.2, 0.25) is 11.8 Å². The Bertz CT molecular complexity index is 1120. The minimum absolute atomic E-state index is 0.0125. The average molecular weight is 475 g/mol. The van der Waals surface area contributed by atoms with E-state index < -0.39 is 0 Å². The second-order valence-corrected chi connectivity index (χ2v) is 11.8. The number of amides is 2. The van der Waals surface area contributed by atoms with E-state index in [1.807, 2.05) is 36.4 Å². The maximum Gasteiger partial charge on any atom is 0.225 e. The van der Waals surface area contributed by atoms with Crippen LogP contribution in [0.15, 0.2) is 48.5 Å². The van der Waals surface area contributed by atoms with E-state index in [2.05, 4.69) is 31.7 Å². The Morgan fingerprint density at radius 1 is 1.00 bits per heavy atom. The van der Waals surface area contributed by atoms with Gasteiger partial charge in [0.05, 0.1) is 5.92 Å². The van der Waals surface area contributed by atoms with Crippen LogP contribution >= 0.6 is 0 Å². The van der Waals surface area contributed by atoms with Gasteiger partial charge in [-0.2, -0.15) is 0 Å². The molecule has 5 nitrogen and oxygen atoms in total. The topological polar surface area (TPSA) is 83.6 Å². The summed E-state index contributed by atoms with van der Waals surface area (Å²) < 4.78 is 0. The second-order valence-electron chi connectivity index (χ2n) is 11.8. The summed E-state index contributed by atoms with van der Waals surface area (Å²) in [5.74, 6) is 0.198. The summed E-state index contributed by atoms with van der Waals surface area (Å²) in [5, 5.41) is 10.6. The van der Waals surface area contributed by atoms with E-state index in [1.165, 1.54) is 5.56 Å². The molecule has 1 heterocycles. The first-order valence-corrected chi connectivity index (χ1v) is 13.1. The summed E-state index contributed by atoms with van der Waals surface area (Å²) in [7, 11) is 0. The molecule has 2 amide bonds. The van der Waals surface area contributed by atoms with Crippen molar-refractivity contribution in [2.45, 2.75) is 76.7 Å². The first kappa shape index (κ1) is 23.9. The van der Waals surface area contributed by atoms with Gasteiger partial charge in [0.25, 0.3) is 0 Å².